The zero-order valence-corrected chi connectivity index (χ0v) is 25.8. The summed E-state index contributed by atoms with van der Waals surface area (Å²) in [6.07, 6.45) is 0. The average Bonchev–Trinajstić information content (AvgIpc) is 3.57. The fraction of sp³-hybridized carbons (Fsp3) is 0.0667. The molecule has 0 bridgehead atoms. The van der Waals surface area contributed by atoms with Crippen molar-refractivity contribution in [2.24, 2.45) is 0 Å². The van der Waals surface area contributed by atoms with Gasteiger partial charge in [0.15, 0.2) is 0 Å². The van der Waals surface area contributed by atoms with Crippen LogP contribution in [0, 0.1) is 0 Å². The van der Waals surface area contributed by atoms with Gasteiger partial charge in [0, 0.05) is 16.2 Å². The summed E-state index contributed by atoms with van der Waals surface area (Å²) in [5, 5.41) is 9.97. The van der Waals surface area contributed by atoms with Crippen molar-refractivity contribution in [3.63, 3.8) is 0 Å². The number of hydrogen-bond donors (Lipinski definition) is 0. The second-order valence-electron chi connectivity index (χ2n) is 13.2. The first-order valence-electron chi connectivity index (χ1n) is 16.1. The number of benzene rings is 8. The molecule has 1 aliphatic carbocycles. The molecule has 0 unspecified atom stereocenters. The minimum Gasteiger partial charge on any atom is -0.456 e. The Hall–Kier alpha value is -5.66. The Morgan fingerprint density at radius 1 is 0.413 bits per heavy atom. The molecule has 0 aliphatic heterocycles. The van der Waals surface area contributed by atoms with Crippen LogP contribution < -0.4 is 0 Å². The fourth-order valence-corrected chi connectivity index (χ4v) is 8.38. The summed E-state index contributed by atoms with van der Waals surface area (Å²) in [7, 11) is 0. The summed E-state index contributed by atoms with van der Waals surface area (Å²) in [4.78, 5) is 0. The first kappa shape index (κ1) is 25.6. The predicted octanol–water partition coefficient (Wildman–Crippen LogP) is 12.7. The van der Waals surface area contributed by atoms with Crippen LogP contribution in [-0.4, -0.2) is 0 Å². The molecule has 0 saturated carbocycles. The van der Waals surface area contributed by atoms with E-state index in [0.29, 0.717) is 0 Å². The summed E-state index contributed by atoms with van der Waals surface area (Å²) in [6.45, 7) is 4.80. The van der Waals surface area contributed by atoms with E-state index in [4.69, 9.17) is 4.42 Å². The zero-order chi connectivity index (χ0) is 30.6. The molecule has 1 heterocycles. The van der Waals surface area contributed by atoms with E-state index < -0.39 is 0 Å². The molecule has 0 fully saturated rings. The first-order valence-corrected chi connectivity index (χ1v) is 16.1. The highest BCUT2D eigenvalue weighted by atomic mass is 16.3. The van der Waals surface area contributed by atoms with E-state index >= 15 is 0 Å². The van der Waals surface area contributed by atoms with Crippen LogP contribution in [0.5, 0.6) is 0 Å². The zero-order valence-electron chi connectivity index (χ0n) is 25.8. The van der Waals surface area contributed by atoms with Crippen LogP contribution in [0.15, 0.2) is 150 Å². The molecular formula is C45H30O. The SMILES string of the molecule is CC1(C)c2cc3ccccc3cc2-c2cccc(-c3c4ccccc4c(-c4ccc5oc6ccccc6c5c4)c4ccccc34)c21. The third-order valence-electron chi connectivity index (χ3n) is 10.4. The molecule has 1 nitrogen and oxygen atoms in total. The number of para-hydroxylation sites is 1. The normalized spacial score (nSPS) is 13.6. The maximum absolute atomic E-state index is 6.21. The summed E-state index contributed by atoms with van der Waals surface area (Å²) in [6, 6.07) is 53.5. The topological polar surface area (TPSA) is 13.1 Å². The van der Waals surface area contributed by atoms with E-state index in [2.05, 4.69) is 153 Å². The third kappa shape index (κ3) is 3.40. The van der Waals surface area contributed by atoms with Gasteiger partial charge in [0.25, 0.3) is 0 Å². The number of rotatable bonds is 2. The molecule has 0 saturated heterocycles. The van der Waals surface area contributed by atoms with Gasteiger partial charge in [0.05, 0.1) is 0 Å². The van der Waals surface area contributed by atoms with Crippen molar-refractivity contribution < 1.29 is 4.42 Å². The molecule has 1 aromatic heterocycles. The van der Waals surface area contributed by atoms with Crippen LogP contribution >= 0.6 is 0 Å². The number of hydrogen-bond acceptors (Lipinski definition) is 1. The minimum atomic E-state index is -0.153. The van der Waals surface area contributed by atoms with Crippen LogP contribution in [-0.2, 0) is 5.41 Å². The lowest BCUT2D eigenvalue weighted by Crippen LogP contribution is -2.16. The second-order valence-corrected chi connectivity index (χ2v) is 13.2. The summed E-state index contributed by atoms with van der Waals surface area (Å²) < 4.78 is 6.21. The summed E-state index contributed by atoms with van der Waals surface area (Å²) >= 11 is 0. The Morgan fingerprint density at radius 3 is 1.70 bits per heavy atom. The smallest absolute Gasteiger partial charge is 0.135 e. The highest BCUT2D eigenvalue weighted by molar-refractivity contribution is 6.23. The first-order chi connectivity index (χ1) is 22.6. The van der Waals surface area contributed by atoms with Crippen LogP contribution in [0.25, 0.3) is 87.6 Å². The van der Waals surface area contributed by atoms with Gasteiger partial charge in [-0.15, -0.1) is 0 Å². The predicted molar refractivity (Wildman–Crippen MR) is 195 cm³/mol. The van der Waals surface area contributed by atoms with E-state index in [1.807, 2.05) is 6.07 Å². The van der Waals surface area contributed by atoms with Crippen LogP contribution in [0.2, 0.25) is 0 Å². The standard InChI is InChI=1S/C45H30O/c1-45(2)39-26-28-13-4-3-12-27(28)24-37(39)35-19-11-20-36(44(35)45)43-33-17-7-5-15-31(33)42(32-16-6-8-18-34(32)43)29-22-23-41-38(25-29)30-14-9-10-21-40(30)46-41/h3-26H,1-2H3. The van der Waals surface area contributed by atoms with Crippen molar-refractivity contribution in [1.82, 2.24) is 0 Å². The molecule has 0 amide bonds. The van der Waals surface area contributed by atoms with Crippen molar-refractivity contribution in [2.75, 3.05) is 0 Å². The van der Waals surface area contributed by atoms with E-state index in [-0.39, 0.29) is 5.41 Å². The second kappa shape index (κ2) is 9.19. The molecule has 0 atom stereocenters. The Kier molecular flexibility index (Phi) is 5.12. The Bertz CT molecular complexity index is 2660. The lowest BCUT2D eigenvalue weighted by molar-refractivity contribution is 0.663. The number of fused-ring (bicyclic) bond motifs is 9. The average molecular weight is 587 g/mol. The van der Waals surface area contributed by atoms with Gasteiger partial charge in [-0.25, -0.2) is 0 Å². The number of furan rings is 1. The molecule has 216 valence electrons. The van der Waals surface area contributed by atoms with Crippen molar-refractivity contribution in [1.29, 1.82) is 0 Å². The maximum Gasteiger partial charge on any atom is 0.135 e. The lowest BCUT2D eigenvalue weighted by Gasteiger charge is -2.26. The van der Waals surface area contributed by atoms with Gasteiger partial charge >= 0.3 is 0 Å². The van der Waals surface area contributed by atoms with E-state index in [9.17, 15) is 0 Å². The Labute approximate surface area is 267 Å². The van der Waals surface area contributed by atoms with Crippen LogP contribution in [0.4, 0.5) is 0 Å². The molecule has 10 rings (SSSR count). The minimum absolute atomic E-state index is 0.153. The highest BCUT2D eigenvalue weighted by Crippen LogP contribution is 2.55. The third-order valence-corrected chi connectivity index (χ3v) is 10.4. The molecule has 1 aliphatic rings. The van der Waals surface area contributed by atoms with Gasteiger partial charge in [0.1, 0.15) is 11.2 Å². The maximum atomic E-state index is 6.21. The van der Waals surface area contributed by atoms with Gasteiger partial charge in [-0.05, 0) is 107 Å². The van der Waals surface area contributed by atoms with Crippen molar-refractivity contribution in [2.45, 2.75) is 19.3 Å². The monoisotopic (exact) mass is 586 g/mol. The molecule has 8 aromatic carbocycles. The van der Waals surface area contributed by atoms with Gasteiger partial charge in [0.2, 0.25) is 0 Å². The van der Waals surface area contributed by atoms with E-state index in [1.54, 1.807) is 0 Å². The van der Waals surface area contributed by atoms with Gasteiger partial charge in [-0.1, -0.05) is 129 Å². The molecule has 46 heavy (non-hydrogen) atoms. The van der Waals surface area contributed by atoms with E-state index in [1.165, 1.54) is 76.8 Å². The fourth-order valence-electron chi connectivity index (χ4n) is 8.38. The molecule has 0 spiro atoms. The van der Waals surface area contributed by atoms with Crippen molar-refractivity contribution >= 4 is 54.3 Å². The van der Waals surface area contributed by atoms with Gasteiger partial charge in [-0.2, -0.15) is 0 Å². The van der Waals surface area contributed by atoms with Crippen LogP contribution in [0.1, 0.15) is 25.0 Å². The summed E-state index contributed by atoms with van der Waals surface area (Å²) in [5.74, 6) is 0. The van der Waals surface area contributed by atoms with Crippen LogP contribution in [0.3, 0.4) is 0 Å². The molecule has 0 radical (unpaired) electrons. The molecular weight excluding hydrogens is 556 g/mol. The van der Waals surface area contributed by atoms with E-state index in [0.717, 1.165) is 21.9 Å². The van der Waals surface area contributed by atoms with Crippen molar-refractivity contribution in [3.05, 3.63) is 157 Å². The largest absolute Gasteiger partial charge is 0.456 e. The van der Waals surface area contributed by atoms with Gasteiger partial charge < -0.3 is 4.42 Å². The molecule has 9 aromatic rings. The Morgan fingerprint density at radius 2 is 0.978 bits per heavy atom. The molecule has 0 N–H and O–H groups in total. The lowest BCUT2D eigenvalue weighted by atomic mass is 9.76. The van der Waals surface area contributed by atoms with Crippen molar-refractivity contribution in [3.8, 4) is 33.4 Å². The summed E-state index contributed by atoms with van der Waals surface area (Å²) in [5.41, 5.74) is 12.3. The quantitative estimate of drug-likeness (QED) is 0.184. The molecule has 1 heteroatoms. The van der Waals surface area contributed by atoms with Gasteiger partial charge in [-0.3, -0.25) is 0 Å². The highest BCUT2D eigenvalue weighted by Gasteiger charge is 2.38. The Balaban J connectivity index is 1.29.